The van der Waals surface area contributed by atoms with Gasteiger partial charge in [0, 0.05) is 6.07 Å². The van der Waals surface area contributed by atoms with Crippen LogP contribution in [0, 0.1) is 0 Å². The van der Waals surface area contributed by atoms with Gasteiger partial charge in [0.1, 0.15) is 5.82 Å². The Morgan fingerprint density at radius 2 is 2.35 bits per heavy atom. The Labute approximate surface area is 103 Å². The summed E-state index contributed by atoms with van der Waals surface area (Å²) in [4.78, 5) is 0. The van der Waals surface area contributed by atoms with Gasteiger partial charge in [0.2, 0.25) is 0 Å². The average Bonchev–Trinajstić information content (AvgIpc) is 2.84. The molecular weight excluding hydrogens is 214 g/mol. The zero-order chi connectivity index (χ0) is 12.3. The van der Waals surface area contributed by atoms with Gasteiger partial charge in [-0.25, -0.2) is 4.68 Å². The molecule has 1 unspecified atom stereocenters. The topological polar surface area (TPSA) is 53.1 Å². The molecule has 2 N–H and O–H groups in total. The van der Waals surface area contributed by atoms with Crippen molar-refractivity contribution in [3.8, 4) is 0 Å². The van der Waals surface area contributed by atoms with E-state index in [9.17, 15) is 0 Å². The molecule has 0 bridgehead atoms. The van der Waals surface area contributed by atoms with Crippen molar-refractivity contribution in [2.75, 3.05) is 5.73 Å². The standard InChI is InChI=1S/C13H23N3O/c1-3-4-5-11-8-13(14)16(15-11)9-12-7-6-10(2)17-12/h8,10,12H,3-7,9,14H2,1-2H3/t10-,12?/m1/s1. The first-order valence-electron chi connectivity index (χ1n) is 6.66. The van der Waals surface area contributed by atoms with Gasteiger partial charge in [-0.05, 0) is 32.6 Å². The molecule has 2 heterocycles. The molecule has 96 valence electrons. The van der Waals surface area contributed by atoms with E-state index in [1.807, 2.05) is 10.7 Å². The third-order valence-electron chi connectivity index (χ3n) is 3.34. The van der Waals surface area contributed by atoms with Crippen LogP contribution in [-0.2, 0) is 17.7 Å². The van der Waals surface area contributed by atoms with Crippen molar-refractivity contribution < 1.29 is 4.74 Å². The van der Waals surface area contributed by atoms with E-state index < -0.39 is 0 Å². The molecule has 0 amide bonds. The quantitative estimate of drug-likeness (QED) is 0.855. The van der Waals surface area contributed by atoms with Crippen molar-refractivity contribution in [3.63, 3.8) is 0 Å². The summed E-state index contributed by atoms with van der Waals surface area (Å²) in [6, 6.07) is 1.99. The second kappa shape index (κ2) is 5.54. The fraction of sp³-hybridized carbons (Fsp3) is 0.769. The van der Waals surface area contributed by atoms with Gasteiger partial charge in [-0.1, -0.05) is 13.3 Å². The number of ether oxygens (including phenoxy) is 1. The summed E-state index contributed by atoms with van der Waals surface area (Å²) >= 11 is 0. The van der Waals surface area contributed by atoms with Crippen LogP contribution in [0.25, 0.3) is 0 Å². The first kappa shape index (κ1) is 12.4. The Hall–Kier alpha value is -1.03. The Bertz CT molecular complexity index is 362. The molecular formula is C13H23N3O. The first-order chi connectivity index (χ1) is 8.19. The summed E-state index contributed by atoms with van der Waals surface area (Å²) in [5.74, 6) is 0.763. The second-order valence-corrected chi connectivity index (χ2v) is 4.99. The van der Waals surface area contributed by atoms with Crippen LogP contribution in [0.15, 0.2) is 6.07 Å². The monoisotopic (exact) mass is 237 g/mol. The molecule has 1 saturated heterocycles. The van der Waals surface area contributed by atoms with Crippen molar-refractivity contribution in [1.82, 2.24) is 9.78 Å². The lowest BCUT2D eigenvalue weighted by molar-refractivity contribution is 0.0440. The van der Waals surface area contributed by atoms with Crippen molar-refractivity contribution in [1.29, 1.82) is 0 Å². The fourth-order valence-corrected chi connectivity index (χ4v) is 2.33. The molecule has 4 nitrogen and oxygen atoms in total. The van der Waals surface area contributed by atoms with E-state index in [0.29, 0.717) is 6.10 Å². The third kappa shape index (κ3) is 3.22. The van der Waals surface area contributed by atoms with Gasteiger partial charge in [-0.3, -0.25) is 0 Å². The first-order valence-corrected chi connectivity index (χ1v) is 6.66. The van der Waals surface area contributed by atoms with Crippen LogP contribution in [0.5, 0.6) is 0 Å². The molecule has 17 heavy (non-hydrogen) atoms. The van der Waals surface area contributed by atoms with Crippen LogP contribution < -0.4 is 5.73 Å². The maximum atomic E-state index is 5.97. The number of rotatable bonds is 5. The minimum absolute atomic E-state index is 0.284. The van der Waals surface area contributed by atoms with Gasteiger partial charge in [0.25, 0.3) is 0 Å². The number of aryl methyl sites for hydroxylation is 1. The van der Waals surface area contributed by atoms with Gasteiger partial charge in [-0.15, -0.1) is 0 Å². The fourth-order valence-electron chi connectivity index (χ4n) is 2.33. The lowest BCUT2D eigenvalue weighted by Crippen LogP contribution is -2.18. The van der Waals surface area contributed by atoms with E-state index >= 15 is 0 Å². The van der Waals surface area contributed by atoms with Crippen molar-refractivity contribution in [3.05, 3.63) is 11.8 Å². The highest BCUT2D eigenvalue weighted by atomic mass is 16.5. The van der Waals surface area contributed by atoms with Crippen molar-refractivity contribution in [2.45, 2.75) is 64.7 Å². The highest BCUT2D eigenvalue weighted by molar-refractivity contribution is 5.30. The number of anilines is 1. The molecule has 1 aromatic heterocycles. The number of unbranched alkanes of at least 4 members (excludes halogenated alkanes) is 1. The lowest BCUT2D eigenvalue weighted by Gasteiger charge is -2.11. The number of nitrogens with zero attached hydrogens (tertiary/aromatic N) is 2. The van der Waals surface area contributed by atoms with Gasteiger partial charge in [0.15, 0.2) is 0 Å². The molecule has 2 rings (SSSR count). The summed E-state index contributed by atoms with van der Waals surface area (Å²) < 4.78 is 7.69. The smallest absolute Gasteiger partial charge is 0.122 e. The van der Waals surface area contributed by atoms with Gasteiger partial charge in [-0.2, -0.15) is 5.10 Å². The Kier molecular flexibility index (Phi) is 4.05. The van der Waals surface area contributed by atoms with Crippen LogP contribution in [0.1, 0.15) is 45.2 Å². The van der Waals surface area contributed by atoms with E-state index in [1.165, 1.54) is 12.8 Å². The predicted octanol–water partition coefficient (Wildman–Crippen LogP) is 2.38. The van der Waals surface area contributed by atoms with E-state index in [1.54, 1.807) is 0 Å². The van der Waals surface area contributed by atoms with Crippen LogP contribution in [-0.4, -0.2) is 22.0 Å². The lowest BCUT2D eigenvalue weighted by atomic mass is 10.2. The minimum atomic E-state index is 0.284. The number of nitrogen functional groups attached to an aromatic ring is 1. The molecule has 4 heteroatoms. The molecule has 1 fully saturated rings. The molecule has 1 aliphatic heterocycles. The summed E-state index contributed by atoms with van der Waals surface area (Å²) in [6.45, 7) is 5.11. The Morgan fingerprint density at radius 3 is 3.00 bits per heavy atom. The molecule has 1 aliphatic rings. The van der Waals surface area contributed by atoms with Crippen LogP contribution in [0.3, 0.4) is 0 Å². The SMILES string of the molecule is CCCCc1cc(N)n(CC2CC[C@@H](C)O2)n1. The summed E-state index contributed by atoms with van der Waals surface area (Å²) in [5, 5.41) is 4.55. The molecule has 0 spiro atoms. The molecule has 0 radical (unpaired) electrons. The largest absolute Gasteiger partial charge is 0.384 e. The average molecular weight is 237 g/mol. The van der Waals surface area contributed by atoms with E-state index in [4.69, 9.17) is 10.5 Å². The third-order valence-corrected chi connectivity index (χ3v) is 3.34. The van der Waals surface area contributed by atoms with Crippen molar-refractivity contribution in [2.24, 2.45) is 0 Å². The predicted molar refractivity (Wildman–Crippen MR) is 68.8 cm³/mol. The van der Waals surface area contributed by atoms with Gasteiger partial charge in [0.05, 0.1) is 24.4 Å². The molecule has 0 saturated carbocycles. The molecule has 0 aromatic carbocycles. The van der Waals surface area contributed by atoms with Crippen molar-refractivity contribution >= 4 is 5.82 Å². The van der Waals surface area contributed by atoms with Crippen LogP contribution in [0.4, 0.5) is 5.82 Å². The van der Waals surface area contributed by atoms with E-state index in [0.717, 1.165) is 37.3 Å². The summed E-state index contributed by atoms with van der Waals surface area (Å²) in [6.07, 6.45) is 6.32. The molecule has 1 aromatic rings. The van der Waals surface area contributed by atoms with Gasteiger partial charge >= 0.3 is 0 Å². The molecule has 0 aliphatic carbocycles. The number of aromatic nitrogens is 2. The molecule has 2 atom stereocenters. The van der Waals surface area contributed by atoms with E-state index in [2.05, 4.69) is 18.9 Å². The normalized spacial score (nSPS) is 24.4. The second-order valence-electron chi connectivity index (χ2n) is 4.99. The summed E-state index contributed by atoms with van der Waals surface area (Å²) in [5.41, 5.74) is 7.08. The zero-order valence-corrected chi connectivity index (χ0v) is 10.9. The van der Waals surface area contributed by atoms with E-state index in [-0.39, 0.29) is 6.10 Å². The zero-order valence-electron chi connectivity index (χ0n) is 10.9. The van der Waals surface area contributed by atoms with Crippen LogP contribution >= 0.6 is 0 Å². The van der Waals surface area contributed by atoms with Gasteiger partial charge < -0.3 is 10.5 Å². The Morgan fingerprint density at radius 1 is 1.53 bits per heavy atom. The number of hydrogen-bond donors (Lipinski definition) is 1. The maximum absolute atomic E-state index is 5.97. The highest BCUT2D eigenvalue weighted by Crippen LogP contribution is 2.21. The maximum Gasteiger partial charge on any atom is 0.122 e. The van der Waals surface area contributed by atoms with Crippen LogP contribution in [0.2, 0.25) is 0 Å². The highest BCUT2D eigenvalue weighted by Gasteiger charge is 2.23. The number of nitrogens with two attached hydrogens (primary N) is 1. The Balaban J connectivity index is 1.93. The number of hydrogen-bond acceptors (Lipinski definition) is 3. The minimum Gasteiger partial charge on any atom is -0.384 e. The summed E-state index contributed by atoms with van der Waals surface area (Å²) in [7, 11) is 0.